The van der Waals surface area contributed by atoms with E-state index in [4.69, 9.17) is 0 Å². The number of thiol groups is 1. The van der Waals surface area contributed by atoms with E-state index >= 15 is 0 Å². The van der Waals surface area contributed by atoms with Crippen molar-refractivity contribution in [2.45, 2.75) is 26.2 Å². The minimum absolute atomic E-state index is 0.0328. The van der Waals surface area contributed by atoms with Crippen molar-refractivity contribution in [3.63, 3.8) is 0 Å². The Hall–Kier alpha value is -0.890. The molecule has 1 rings (SSSR count). The molecule has 0 fully saturated rings. The lowest BCUT2D eigenvalue weighted by Gasteiger charge is -2.20. The second-order valence-corrected chi connectivity index (χ2v) is 4.98. The molecule has 15 heavy (non-hydrogen) atoms. The summed E-state index contributed by atoms with van der Waals surface area (Å²) in [4.78, 5) is 0. The van der Waals surface area contributed by atoms with Crippen LogP contribution in [0.3, 0.4) is 0 Å². The maximum Gasteiger partial charge on any atom is 0.119 e. The van der Waals surface area contributed by atoms with Crippen LogP contribution in [0.5, 0.6) is 5.75 Å². The lowest BCUT2D eigenvalue weighted by molar-refractivity contribution is 0.446. The zero-order chi connectivity index (χ0) is 11.5. The highest BCUT2D eigenvalue weighted by atomic mass is 32.1. The third-order valence-electron chi connectivity index (χ3n) is 2.24. The van der Waals surface area contributed by atoms with Gasteiger partial charge in [0.05, 0.1) is 0 Å². The monoisotopic (exact) mass is 222 g/mol. The van der Waals surface area contributed by atoms with E-state index in [0.29, 0.717) is 5.75 Å². The Labute approximate surface area is 97.2 Å². The van der Waals surface area contributed by atoms with E-state index in [9.17, 15) is 5.11 Å². The molecule has 0 radical (unpaired) electrons. The predicted molar refractivity (Wildman–Crippen MR) is 69.7 cm³/mol. The van der Waals surface area contributed by atoms with Gasteiger partial charge in [-0.3, -0.25) is 0 Å². The summed E-state index contributed by atoms with van der Waals surface area (Å²) in [5, 5.41) is 9.76. The standard InChI is InChI=1S/C13H18OS/c1-13(2,3)11-9-10(5-4-8-15)6-7-12(11)14/h4-7,9,14-15H,8H2,1-3H3. The van der Waals surface area contributed by atoms with Crippen molar-refractivity contribution in [3.05, 3.63) is 35.4 Å². The van der Waals surface area contributed by atoms with Gasteiger partial charge in [-0.25, -0.2) is 0 Å². The highest BCUT2D eigenvalue weighted by Gasteiger charge is 2.17. The zero-order valence-electron chi connectivity index (χ0n) is 9.49. The molecular formula is C13H18OS. The van der Waals surface area contributed by atoms with Gasteiger partial charge in [-0.1, -0.05) is 39.0 Å². The first kappa shape index (κ1) is 12.2. The topological polar surface area (TPSA) is 20.2 Å². The van der Waals surface area contributed by atoms with E-state index in [-0.39, 0.29) is 5.41 Å². The fourth-order valence-corrected chi connectivity index (χ4v) is 1.55. The van der Waals surface area contributed by atoms with Crippen molar-refractivity contribution in [1.82, 2.24) is 0 Å². The van der Waals surface area contributed by atoms with Crippen molar-refractivity contribution in [2.75, 3.05) is 5.75 Å². The van der Waals surface area contributed by atoms with E-state index in [1.165, 1.54) is 0 Å². The quantitative estimate of drug-likeness (QED) is 0.732. The van der Waals surface area contributed by atoms with E-state index in [1.807, 2.05) is 24.3 Å². The lowest BCUT2D eigenvalue weighted by atomic mass is 9.85. The molecule has 1 aromatic carbocycles. The summed E-state index contributed by atoms with van der Waals surface area (Å²) >= 11 is 4.12. The van der Waals surface area contributed by atoms with Gasteiger partial charge in [0.25, 0.3) is 0 Å². The molecule has 82 valence electrons. The number of rotatable bonds is 2. The third kappa shape index (κ3) is 3.31. The average molecular weight is 222 g/mol. The van der Waals surface area contributed by atoms with Gasteiger partial charge in [-0.2, -0.15) is 12.6 Å². The van der Waals surface area contributed by atoms with Crippen molar-refractivity contribution >= 4 is 18.7 Å². The molecule has 0 aromatic heterocycles. The van der Waals surface area contributed by atoms with E-state index in [2.05, 4.69) is 33.4 Å². The molecule has 0 aliphatic carbocycles. The second-order valence-electron chi connectivity index (χ2n) is 4.61. The molecule has 0 heterocycles. The number of phenols is 1. The summed E-state index contributed by atoms with van der Waals surface area (Å²) in [6.07, 6.45) is 4.00. The highest BCUT2D eigenvalue weighted by molar-refractivity contribution is 7.80. The Balaban J connectivity index is 3.11. The Morgan fingerprint density at radius 1 is 1.33 bits per heavy atom. The number of phenolic OH excluding ortho intramolecular Hbond substituents is 1. The van der Waals surface area contributed by atoms with E-state index < -0.39 is 0 Å². The molecule has 0 spiro atoms. The molecule has 0 saturated carbocycles. The largest absolute Gasteiger partial charge is 0.508 e. The molecule has 1 aromatic rings. The molecule has 1 nitrogen and oxygen atoms in total. The van der Waals surface area contributed by atoms with E-state index in [0.717, 1.165) is 16.9 Å². The average Bonchev–Trinajstić information content (AvgIpc) is 2.15. The second kappa shape index (κ2) is 4.75. The van der Waals surface area contributed by atoms with Crippen LogP contribution in [0.15, 0.2) is 24.3 Å². The smallest absolute Gasteiger partial charge is 0.119 e. The van der Waals surface area contributed by atoms with Gasteiger partial charge in [0.2, 0.25) is 0 Å². The fraction of sp³-hybridized carbons (Fsp3) is 0.385. The minimum atomic E-state index is -0.0328. The van der Waals surface area contributed by atoms with Crippen LogP contribution < -0.4 is 0 Å². The van der Waals surface area contributed by atoms with Crippen LogP contribution in [-0.2, 0) is 5.41 Å². The van der Waals surface area contributed by atoms with Gasteiger partial charge in [-0.15, -0.1) is 0 Å². The van der Waals surface area contributed by atoms with Crippen LogP contribution in [0.2, 0.25) is 0 Å². The molecule has 0 aliphatic rings. The summed E-state index contributed by atoms with van der Waals surface area (Å²) in [5.41, 5.74) is 2.05. The summed E-state index contributed by atoms with van der Waals surface area (Å²) in [5.74, 6) is 1.09. The Morgan fingerprint density at radius 2 is 2.00 bits per heavy atom. The highest BCUT2D eigenvalue weighted by Crippen LogP contribution is 2.31. The van der Waals surface area contributed by atoms with Crippen LogP contribution >= 0.6 is 12.6 Å². The molecule has 0 atom stereocenters. The zero-order valence-corrected chi connectivity index (χ0v) is 10.4. The van der Waals surface area contributed by atoms with Gasteiger partial charge < -0.3 is 5.11 Å². The molecule has 0 unspecified atom stereocenters. The third-order valence-corrected chi connectivity index (χ3v) is 2.46. The van der Waals surface area contributed by atoms with Gasteiger partial charge in [0, 0.05) is 5.75 Å². The summed E-state index contributed by atoms with van der Waals surface area (Å²) < 4.78 is 0. The van der Waals surface area contributed by atoms with Crippen LogP contribution in [-0.4, -0.2) is 10.9 Å². The van der Waals surface area contributed by atoms with Gasteiger partial charge in [-0.05, 0) is 28.7 Å². The van der Waals surface area contributed by atoms with E-state index in [1.54, 1.807) is 6.07 Å². The maximum atomic E-state index is 9.76. The number of hydrogen-bond acceptors (Lipinski definition) is 2. The molecule has 0 amide bonds. The minimum Gasteiger partial charge on any atom is -0.508 e. The molecular weight excluding hydrogens is 204 g/mol. The SMILES string of the molecule is CC(C)(C)c1cc(C=CCS)ccc1O. The molecule has 0 bridgehead atoms. The number of hydrogen-bond donors (Lipinski definition) is 2. The van der Waals surface area contributed by atoms with Crippen molar-refractivity contribution in [2.24, 2.45) is 0 Å². The summed E-state index contributed by atoms with van der Waals surface area (Å²) in [6, 6.07) is 5.68. The first-order valence-corrected chi connectivity index (χ1v) is 5.69. The van der Waals surface area contributed by atoms with Crippen molar-refractivity contribution < 1.29 is 5.11 Å². The van der Waals surface area contributed by atoms with Crippen LogP contribution in [0.4, 0.5) is 0 Å². The Kier molecular flexibility index (Phi) is 3.86. The predicted octanol–water partition coefficient (Wildman–Crippen LogP) is 3.63. The maximum absolute atomic E-state index is 9.76. The van der Waals surface area contributed by atoms with Gasteiger partial charge in [0.15, 0.2) is 0 Å². The van der Waals surface area contributed by atoms with Crippen LogP contribution in [0, 0.1) is 0 Å². The Morgan fingerprint density at radius 3 is 2.53 bits per heavy atom. The molecule has 1 N–H and O–H groups in total. The lowest BCUT2D eigenvalue weighted by Crippen LogP contribution is -2.11. The van der Waals surface area contributed by atoms with Gasteiger partial charge >= 0.3 is 0 Å². The summed E-state index contributed by atoms with van der Waals surface area (Å²) in [6.45, 7) is 6.27. The number of aromatic hydroxyl groups is 1. The molecule has 0 saturated heterocycles. The molecule has 0 aliphatic heterocycles. The first-order valence-electron chi connectivity index (χ1n) is 5.06. The summed E-state index contributed by atoms with van der Waals surface area (Å²) in [7, 11) is 0. The number of benzene rings is 1. The fourth-order valence-electron chi connectivity index (χ4n) is 1.45. The van der Waals surface area contributed by atoms with Crippen molar-refractivity contribution in [1.29, 1.82) is 0 Å². The van der Waals surface area contributed by atoms with Crippen LogP contribution in [0.25, 0.3) is 6.08 Å². The van der Waals surface area contributed by atoms with Crippen LogP contribution in [0.1, 0.15) is 31.9 Å². The molecule has 2 heteroatoms. The van der Waals surface area contributed by atoms with Crippen molar-refractivity contribution in [3.8, 4) is 5.75 Å². The first-order chi connectivity index (χ1) is 6.95. The van der Waals surface area contributed by atoms with Gasteiger partial charge in [0.1, 0.15) is 5.75 Å². The Bertz CT molecular complexity index is 361. The normalized spacial score (nSPS) is 12.3.